The molecule has 0 saturated carbocycles. The topological polar surface area (TPSA) is 45.0 Å². The Morgan fingerprint density at radius 1 is 1.35 bits per heavy atom. The van der Waals surface area contributed by atoms with Gasteiger partial charge in [0.2, 0.25) is 0 Å². The van der Waals surface area contributed by atoms with E-state index in [0.717, 1.165) is 5.69 Å². The Morgan fingerprint density at radius 3 is 2.80 bits per heavy atom. The van der Waals surface area contributed by atoms with Gasteiger partial charge >= 0.3 is 0 Å². The Kier molecular flexibility index (Phi) is 4.44. The van der Waals surface area contributed by atoms with Gasteiger partial charge in [-0.3, -0.25) is 0 Å². The number of rotatable bonds is 4. The van der Waals surface area contributed by atoms with Gasteiger partial charge in [-0.25, -0.2) is 4.39 Å². The summed E-state index contributed by atoms with van der Waals surface area (Å²) in [6.07, 6.45) is 0. The largest absolute Gasteiger partial charge is 0.494 e. The summed E-state index contributed by atoms with van der Waals surface area (Å²) < 4.78 is 18.9. The first kappa shape index (κ1) is 14.2. The minimum absolute atomic E-state index is 0.210. The lowest BCUT2D eigenvalue weighted by atomic mass is 10.2. The number of nitrogens with one attached hydrogen (secondary N) is 1. The van der Waals surface area contributed by atoms with E-state index in [2.05, 4.69) is 5.32 Å². The number of anilines is 1. The van der Waals surface area contributed by atoms with E-state index in [1.54, 1.807) is 36.4 Å². The van der Waals surface area contributed by atoms with Crippen LogP contribution >= 0.6 is 11.6 Å². The Morgan fingerprint density at radius 2 is 2.15 bits per heavy atom. The second-order valence-electron chi connectivity index (χ2n) is 4.09. The lowest BCUT2D eigenvalue weighted by Gasteiger charge is -2.10. The molecule has 0 bridgehead atoms. The third-order valence-electron chi connectivity index (χ3n) is 2.84. The van der Waals surface area contributed by atoms with Crippen LogP contribution in [0.3, 0.4) is 0 Å². The molecule has 0 aliphatic rings. The molecule has 0 aromatic heterocycles. The zero-order valence-corrected chi connectivity index (χ0v) is 11.5. The van der Waals surface area contributed by atoms with Crippen LogP contribution in [0.1, 0.15) is 11.1 Å². The zero-order valence-electron chi connectivity index (χ0n) is 10.8. The summed E-state index contributed by atoms with van der Waals surface area (Å²) in [6, 6.07) is 11.9. The van der Waals surface area contributed by atoms with Crippen LogP contribution in [0.5, 0.6) is 5.75 Å². The van der Waals surface area contributed by atoms with Crippen molar-refractivity contribution in [2.75, 3.05) is 12.4 Å². The van der Waals surface area contributed by atoms with E-state index in [9.17, 15) is 4.39 Å². The molecule has 102 valence electrons. The molecule has 0 saturated heterocycles. The molecule has 3 nitrogen and oxygen atoms in total. The molecule has 2 aromatic rings. The maximum atomic E-state index is 13.9. The summed E-state index contributed by atoms with van der Waals surface area (Å²) in [4.78, 5) is 0. The number of benzene rings is 2. The summed E-state index contributed by atoms with van der Waals surface area (Å²) in [5.41, 5.74) is 1.62. The summed E-state index contributed by atoms with van der Waals surface area (Å²) in [6.45, 7) is 0.297. The van der Waals surface area contributed by atoms with E-state index < -0.39 is 0 Å². The molecule has 5 heteroatoms. The average Bonchev–Trinajstić information content (AvgIpc) is 2.46. The Balaban J connectivity index is 2.13. The zero-order chi connectivity index (χ0) is 14.5. The van der Waals surface area contributed by atoms with E-state index in [0.29, 0.717) is 22.7 Å². The van der Waals surface area contributed by atoms with Gasteiger partial charge in [0.25, 0.3) is 0 Å². The second-order valence-corrected chi connectivity index (χ2v) is 4.50. The van der Waals surface area contributed by atoms with E-state index >= 15 is 0 Å². The highest BCUT2D eigenvalue weighted by molar-refractivity contribution is 6.32. The molecule has 20 heavy (non-hydrogen) atoms. The fourth-order valence-corrected chi connectivity index (χ4v) is 1.99. The van der Waals surface area contributed by atoms with Gasteiger partial charge in [-0.2, -0.15) is 5.26 Å². The van der Waals surface area contributed by atoms with Gasteiger partial charge in [0.05, 0.1) is 17.7 Å². The first-order chi connectivity index (χ1) is 9.65. The van der Waals surface area contributed by atoms with E-state index in [-0.39, 0.29) is 11.6 Å². The van der Waals surface area contributed by atoms with Gasteiger partial charge in [-0.1, -0.05) is 23.7 Å². The lowest BCUT2D eigenvalue weighted by Crippen LogP contribution is -2.03. The average molecular weight is 291 g/mol. The third kappa shape index (κ3) is 3.01. The minimum Gasteiger partial charge on any atom is -0.494 e. The van der Waals surface area contributed by atoms with Gasteiger partial charge in [0.1, 0.15) is 6.07 Å². The molecule has 0 fully saturated rings. The number of halogens is 2. The molecule has 2 aromatic carbocycles. The van der Waals surface area contributed by atoms with Crippen molar-refractivity contribution < 1.29 is 9.13 Å². The summed E-state index contributed by atoms with van der Waals surface area (Å²) in [5.74, 6) is -0.176. The fraction of sp³-hybridized carbons (Fsp3) is 0.133. The maximum Gasteiger partial charge on any atom is 0.170 e. The van der Waals surface area contributed by atoms with Crippen molar-refractivity contribution in [1.82, 2.24) is 0 Å². The Hall–Kier alpha value is -2.25. The monoisotopic (exact) mass is 290 g/mol. The van der Waals surface area contributed by atoms with Crippen molar-refractivity contribution in [3.63, 3.8) is 0 Å². The normalized spacial score (nSPS) is 9.90. The standard InChI is InChI=1S/C15H12ClFN2O/c1-20-14-4-2-3-11(15(14)17)9-19-12-6-5-10(8-18)13(16)7-12/h2-7,19H,9H2,1H3. The highest BCUT2D eigenvalue weighted by Crippen LogP contribution is 2.23. The number of nitriles is 1. The van der Waals surface area contributed by atoms with Crippen molar-refractivity contribution in [1.29, 1.82) is 5.26 Å². The third-order valence-corrected chi connectivity index (χ3v) is 3.15. The summed E-state index contributed by atoms with van der Waals surface area (Å²) in [5, 5.41) is 12.2. The van der Waals surface area contributed by atoms with Gasteiger partial charge in [-0.05, 0) is 24.3 Å². The van der Waals surface area contributed by atoms with Crippen molar-refractivity contribution >= 4 is 17.3 Å². The second kappa shape index (κ2) is 6.27. The van der Waals surface area contributed by atoms with Crippen LogP contribution in [-0.4, -0.2) is 7.11 Å². The Bertz CT molecular complexity index is 667. The summed E-state index contributed by atoms with van der Waals surface area (Å²) in [7, 11) is 1.43. The highest BCUT2D eigenvalue weighted by atomic mass is 35.5. The van der Waals surface area contributed by atoms with Crippen LogP contribution in [0.4, 0.5) is 10.1 Å². The highest BCUT2D eigenvalue weighted by Gasteiger charge is 2.08. The van der Waals surface area contributed by atoms with Gasteiger partial charge < -0.3 is 10.1 Å². The maximum absolute atomic E-state index is 13.9. The predicted molar refractivity (Wildman–Crippen MR) is 76.4 cm³/mol. The van der Waals surface area contributed by atoms with Crippen molar-refractivity contribution in [3.8, 4) is 11.8 Å². The van der Waals surface area contributed by atoms with Crippen molar-refractivity contribution in [2.45, 2.75) is 6.54 Å². The molecule has 0 amide bonds. The molecule has 0 radical (unpaired) electrons. The first-order valence-electron chi connectivity index (χ1n) is 5.90. The predicted octanol–water partition coefficient (Wildman–Crippen LogP) is 3.97. The lowest BCUT2D eigenvalue weighted by molar-refractivity contribution is 0.384. The molecule has 0 aliphatic heterocycles. The van der Waals surface area contributed by atoms with Gasteiger partial charge in [0.15, 0.2) is 11.6 Å². The van der Waals surface area contributed by atoms with Gasteiger partial charge in [-0.15, -0.1) is 0 Å². The number of nitrogens with zero attached hydrogens (tertiary/aromatic N) is 1. The van der Waals surface area contributed by atoms with E-state index in [4.69, 9.17) is 21.6 Å². The van der Waals surface area contributed by atoms with Crippen LogP contribution in [0.15, 0.2) is 36.4 Å². The van der Waals surface area contributed by atoms with E-state index in [1.165, 1.54) is 7.11 Å². The van der Waals surface area contributed by atoms with E-state index in [1.807, 2.05) is 6.07 Å². The SMILES string of the molecule is COc1cccc(CNc2ccc(C#N)c(Cl)c2)c1F. The summed E-state index contributed by atoms with van der Waals surface area (Å²) >= 11 is 5.93. The number of hydrogen-bond acceptors (Lipinski definition) is 3. The first-order valence-corrected chi connectivity index (χ1v) is 6.28. The fourth-order valence-electron chi connectivity index (χ4n) is 1.76. The van der Waals surface area contributed by atoms with Crippen LogP contribution in [0.2, 0.25) is 5.02 Å². The van der Waals surface area contributed by atoms with Crippen molar-refractivity contribution in [3.05, 3.63) is 58.4 Å². The van der Waals surface area contributed by atoms with Crippen LogP contribution in [0, 0.1) is 17.1 Å². The van der Waals surface area contributed by atoms with Crippen LogP contribution in [0.25, 0.3) is 0 Å². The molecule has 0 spiro atoms. The number of methoxy groups -OCH3 is 1. The quantitative estimate of drug-likeness (QED) is 0.926. The molecule has 2 rings (SSSR count). The number of ether oxygens (including phenoxy) is 1. The Labute approximate surface area is 121 Å². The molecule has 0 atom stereocenters. The van der Waals surface area contributed by atoms with Crippen LogP contribution < -0.4 is 10.1 Å². The van der Waals surface area contributed by atoms with Crippen LogP contribution in [-0.2, 0) is 6.54 Å². The van der Waals surface area contributed by atoms with Gasteiger partial charge in [0, 0.05) is 17.8 Å². The smallest absolute Gasteiger partial charge is 0.170 e. The molecule has 0 aliphatic carbocycles. The molecular weight excluding hydrogens is 279 g/mol. The molecule has 1 N–H and O–H groups in total. The molecule has 0 heterocycles. The number of hydrogen-bond donors (Lipinski definition) is 1. The minimum atomic E-state index is -0.387. The molecule has 0 unspecified atom stereocenters. The molecular formula is C15H12ClFN2O. The van der Waals surface area contributed by atoms with Crippen molar-refractivity contribution in [2.24, 2.45) is 0 Å².